The predicted octanol–water partition coefficient (Wildman–Crippen LogP) is 5.43. The molecule has 4 heteroatoms. The average molecular weight is 371 g/mol. The number of rotatable bonds is 4. The second kappa shape index (κ2) is 7.79. The van der Waals surface area contributed by atoms with Crippen molar-refractivity contribution in [1.29, 1.82) is 0 Å². The van der Waals surface area contributed by atoms with Gasteiger partial charge >= 0.3 is 0 Å². The van der Waals surface area contributed by atoms with Gasteiger partial charge < -0.3 is 5.32 Å². The molecule has 3 rings (SSSR count). The summed E-state index contributed by atoms with van der Waals surface area (Å²) in [7, 11) is 0. The number of benzene rings is 1. The Bertz CT molecular complexity index is 757. The molecule has 1 aromatic heterocycles. The van der Waals surface area contributed by atoms with Crippen molar-refractivity contribution >= 4 is 17.5 Å². The first-order chi connectivity index (χ1) is 12.4. The first kappa shape index (κ1) is 18.9. The molecule has 0 bridgehead atoms. The Labute approximate surface area is 161 Å². The van der Waals surface area contributed by atoms with E-state index in [4.69, 9.17) is 11.6 Å². The van der Waals surface area contributed by atoms with Crippen molar-refractivity contribution in [1.82, 2.24) is 10.3 Å². The number of carbonyl (C=O) groups excluding carboxylic acids is 1. The highest BCUT2D eigenvalue weighted by Crippen LogP contribution is 2.43. The third-order valence-corrected chi connectivity index (χ3v) is 5.76. The summed E-state index contributed by atoms with van der Waals surface area (Å²) in [5.41, 5.74) is 4.40. The van der Waals surface area contributed by atoms with E-state index in [1.807, 2.05) is 19.1 Å². The lowest BCUT2D eigenvalue weighted by Gasteiger charge is -2.41. The Hall–Kier alpha value is -1.87. The maximum Gasteiger partial charge on any atom is 0.220 e. The molecule has 0 radical (unpaired) electrons. The van der Waals surface area contributed by atoms with Gasteiger partial charge in [-0.3, -0.25) is 9.78 Å². The molecule has 0 aliphatic heterocycles. The Kier molecular flexibility index (Phi) is 5.67. The summed E-state index contributed by atoms with van der Waals surface area (Å²) < 4.78 is 0. The van der Waals surface area contributed by atoms with Gasteiger partial charge in [0.25, 0.3) is 0 Å². The predicted molar refractivity (Wildman–Crippen MR) is 106 cm³/mol. The molecular formula is C22H27ClN2O. The van der Waals surface area contributed by atoms with Crippen molar-refractivity contribution in [3.8, 4) is 0 Å². The summed E-state index contributed by atoms with van der Waals surface area (Å²) in [6, 6.07) is 12.4. The van der Waals surface area contributed by atoms with Crippen LogP contribution in [-0.2, 0) is 10.3 Å². The molecule has 0 saturated heterocycles. The van der Waals surface area contributed by atoms with E-state index in [2.05, 4.69) is 48.4 Å². The van der Waals surface area contributed by atoms with E-state index in [0.29, 0.717) is 12.3 Å². The molecule has 3 nitrogen and oxygen atoms in total. The molecule has 1 heterocycles. The van der Waals surface area contributed by atoms with Gasteiger partial charge in [-0.2, -0.15) is 0 Å². The molecule has 2 aromatic rings. The van der Waals surface area contributed by atoms with Crippen molar-refractivity contribution in [2.45, 2.75) is 64.3 Å². The van der Waals surface area contributed by atoms with E-state index in [0.717, 1.165) is 47.7 Å². The fraction of sp³-hybridized carbons (Fsp3) is 0.455. The van der Waals surface area contributed by atoms with E-state index in [9.17, 15) is 4.79 Å². The first-order valence-electron chi connectivity index (χ1n) is 9.44. The maximum atomic E-state index is 12.2. The quantitative estimate of drug-likeness (QED) is 0.779. The highest BCUT2D eigenvalue weighted by Gasteiger charge is 2.38. The van der Waals surface area contributed by atoms with Crippen LogP contribution in [0.1, 0.15) is 67.5 Å². The number of hydrogen-bond donors (Lipinski definition) is 1. The monoisotopic (exact) mass is 370 g/mol. The molecule has 1 N–H and O–H groups in total. The number of hydrogen-bond acceptors (Lipinski definition) is 2. The van der Waals surface area contributed by atoms with Crippen molar-refractivity contribution < 1.29 is 4.79 Å². The van der Waals surface area contributed by atoms with Crippen LogP contribution in [0, 0.1) is 13.8 Å². The van der Waals surface area contributed by atoms with Crippen LogP contribution in [0.3, 0.4) is 0 Å². The summed E-state index contributed by atoms with van der Waals surface area (Å²) >= 11 is 6.07. The van der Waals surface area contributed by atoms with Gasteiger partial charge in [-0.1, -0.05) is 30.7 Å². The SMILES string of the molecule is CCC(=O)NC1(c2ccc(Cl)cc2)CCC(c2cc(C)nc(C)c2)CC1. The standard InChI is InChI=1S/C22H27ClN2O/c1-4-21(26)25-22(19-5-7-20(23)8-6-19)11-9-17(10-12-22)18-13-15(2)24-16(3)14-18/h5-8,13-14,17H,4,9-12H2,1-3H3,(H,25,26). The number of carbonyl (C=O) groups is 1. The Morgan fingerprint density at radius 3 is 2.27 bits per heavy atom. The molecule has 26 heavy (non-hydrogen) atoms. The Morgan fingerprint density at radius 1 is 1.15 bits per heavy atom. The third-order valence-electron chi connectivity index (χ3n) is 5.51. The minimum Gasteiger partial charge on any atom is -0.347 e. The maximum absolute atomic E-state index is 12.2. The molecule has 0 spiro atoms. The highest BCUT2D eigenvalue weighted by molar-refractivity contribution is 6.30. The van der Waals surface area contributed by atoms with Crippen molar-refractivity contribution in [2.75, 3.05) is 0 Å². The van der Waals surface area contributed by atoms with Gasteiger partial charge in [0.15, 0.2) is 0 Å². The zero-order valence-corrected chi connectivity index (χ0v) is 16.6. The lowest BCUT2D eigenvalue weighted by molar-refractivity contribution is -0.123. The molecule has 1 saturated carbocycles. The minimum atomic E-state index is -0.286. The van der Waals surface area contributed by atoms with Crippen LogP contribution in [0.2, 0.25) is 5.02 Å². The number of aromatic nitrogens is 1. The van der Waals surface area contributed by atoms with Gasteiger partial charge in [-0.15, -0.1) is 0 Å². The minimum absolute atomic E-state index is 0.106. The smallest absolute Gasteiger partial charge is 0.220 e. The molecule has 1 aliphatic carbocycles. The summed E-state index contributed by atoms with van der Waals surface area (Å²) in [6.07, 6.45) is 4.48. The van der Waals surface area contributed by atoms with Crippen molar-refractivity contribution in [2.24, 2.45) is 0 Å². The summed E-state index contributed by atoms with van der Waals surface area (Å²) in [5, 5.41) is 4.04. The average Bonchev–Trinajstić information content (AvgIpc) is 2.62. The van der Waals surface area contributed by atoms with Crippen LogP contribution in [0.4, 0.5) is 0 Å². The number of nitrogens with one attached hydrogen (secondary N) is 1. The van der Waals surface area contributed by atoms with Crippen molar-refractivity contribution in [3.63, 3.8) is 0 Å². The molecule has 1 aliphatic rings. The lowest BCUT2D eigenvalue weighted by Crippen LogP contribution is -2.47. The van der Waals surface area contributed by atoms with Gasteiger partial charge in [-0.05, 0) is 80.8 Å². The van der Waals surface area contributed by atoms with Crippen LogP contribution in [0.25, 0.3) is 0 Å². The topological polar surface area (TPSA) is 42.0 Å². The van der Waals surface area contributed by atoms with Gasteiger partial charge in [0.1, 0.15) is 0 Å². The summed E-state index contributed by atoms with van der Waals surface area (Å²) in [6.45, 7) is 6.01. The largest absolute Gasteiger partial charge is 0.347 e. The fourth-order valence-corrected chi connectivity index (χ4v) is 4.28. The second-order valence-corrected chi connectivity index (χ2v) is 7.88. The molecule has 0 atom stereocenters. The van der Waals surface area contributed by atoms with Gasteiger partial charge in [0.05, 0.1) is 5.54 Å². The van der Waals surface area contributed by atoms with E-state index < -0.39 is 0 Å². The number of pyridine rings is 1. The van der Waals surface area contributed by atoms with Crippen LogP contribution in [0.5, 0.6) is 0 Å². The lowest BCUT2D eigenvalue weighted by atomic mass is 9.71. The Morgan fingerprint density at radius 2 is 1.73 bits per heavy atom. The van der Waals surface area contributed by atoms with Gasteiger partial charge in [-0.25, -0.2) is 0 Å². The fourth-order valence-electron chi connectivity index (χ4n) is 4.16. The van der Waals surface area contributed by atoms with Crippen LogP contribution in [0.15, 0.2) is 36.4 Å². The van der Waals surface area contributed by atoms with Crippen molar-refractivity contribution in [3.05, 3.63) is 63.9 Å². The molecule has 0 unspecified atom stereocenters. The number of nitrogens with zero attached hydrogens (tertiary/aromatic N) is 1. The highest BCUT2D eigenvalue weighted by atomic mass is 35.5. The first-order valence-corrected chi connectivity index (χ1v) is 9.82. The molecule has 1 amide bonds. The molecular weight excluding hydrogens is 344 g/mol. The zero-order chi connectivity index (χ0) is 18.7. The summed E-state index contributed by atoms with van der Waals surface area (Å²) in [4.78, 5) is 16.7. The summed E-state index contributed by atoms with van der Waals surface area (Å²) in [5.74, 6) is 0.628. The Balaban J connectivity index is 1.84. The van der Waals surface area contributed by atoms with E-state index in [-0.39, 0.29) is 11.4 Å². The van der Waals surface area contributed by atoms with E-state index in [1.165, 1.54) is 5.56 Å². The zero-order valence-electron chi connectivity index (χ0n) is 15.8. The van der Waals surface area contributed by atoms with Crippen LogP contribution >= 0.6 is 11.6 Å². The van der Waals surface area contributed by atoms with Crippen LogP contribution in [-0.4, -0.2) is 10.9 Å². The normalized spacial score (nSPS) is 22.8. The number of aryl methyl sites for hydroxylation is 2. The van der Waals surface area contributed by atoms with E-state index >= 15 is 0 Å². The molecule has 1 aromatic carbocycles. The second-order valence-electron chi connectivity index (χ2n) is 7.45. The number of halogens is 1. The third kappa shape index (κ3) is 4.09. The van der Waals surface area contributed by atoms with E-state index in [1.54, 1.807) is 0 Å². The van der Waals surface area contributed by atoms with Crippen LogP contribution < -0.4 is 5.32 Å². The molecule has 138 valence electrons. The van der Waals surface area contributed by atoms with Gasteiger partial charge in [0, 0.05) is 22.8 Å². The molecule has 1 fully saturated rings. The number of amides is 1. The van der Waals surface area contributed by atoms with Gasteiger partial charge in [0.2, 0.25) is 5.91 Å².